The van der Waals surface area contributed by atoms with Crippen molar-refractivity contribution in [1.29, 1.82) is 0 Å². The van der Waals surface area contributed by atoms with Crippen LogP contribution in [0.1, 0.15) is 12.3 Å². The highest BCUT2D eigenvalue weighted by Crippen LogP contribution is 2.48. The lowest BCUT2D eigenvalue weighted by Crippen LogP contribution is -1.92. The summed E-state index contributed by atoms with van der Waals surface area (Å²) in [7, 11) is 0. The third-order valence-electron chi connectivity index (χ3n) is 8.43. The Labute approximate surface area is 274 Å². The second-order valence-corrected chi connectivity index (χ2v) is 10.9. The van der Waals surface area contributed by atoms with E-state index < -0.39 is 18.1 Å². The van der Waals surface area contributed by atoms with Gasteiger partial charge in [0.2, 0.25) is 0 Å². The van der Waals surface area contributed by atoms with E-state index in [1.807, 2.05) is 103 Å². The van der Waals surface area contributed by atoms with Crippen LogP contribution in [0.3, 0.4) is 0 Å². The fourth-order valence-corrected chi connectivity index (χ4v) is 6.57. The van der Waals surface area contributed by atoms with Crippen LogP contribution >= 0.6 is 0 Å². The SMILES string of the molecule is [2H]c1c([2H])c([2H])c(-c2cccc3oc4cccc(-c5c6ccccc6c(-c6c([2H])c([2H])c([2H])c(-c7ccccc7)c6[2H])c6ccccc56)c4c23)c([2H])c1[2H]. The van der Waals surface area contributed by atoms with Gasteiger partial charge in [-0.05, 0) is 84.2 Å². The van der Waals surface area contributed by atoms with E-state index in [9.17, 15) is 2.74 Å². The van der Waals surface area contributed by atoms with Crippen LogP contribution in [0.25, 0.3) is 88.0 Å². The van der Waals surface area contributed by atoms with E-state index in [0.29, 0.717) is 44.2 Å². The van der Waals surface area contributed by atoms with E-state index in [1.54, 1.807) is 12.1 Å². The summed E-state index contributed by atoms with van der Waals surface area (Å²) in [5.41, 5.74) is 5.02. The maximum atomic E-state index is 9.52. The van der Waals surface area contributed by atoms with Crippen molar-refractivity contribution in [3.63, 3.8) is 0 Å². The van der Waals surface area contributed by atoms with Crippen LogP contribution in [-0.4, -0.2) is 0 Å². The molecular formula is C44H28O. The van der Waals surface area contributed by atoms with Gasteiger partial charge in [0.1, 0.15) is 11.2 Å². The zero-order valence-electron chi connectivity index (χ0n) is 32.9. The first-order chi connectivity index (χ1) is 26.1. The fourth-order valence-electron chi connectivity index (χ4n) is 6.57. The molecule has 0 bridgehead atoms. The van der Waals surface area contributed by atoms with Crippen molar-refractivity contribution < 1.29 is 16.8 Å². The smallest absolute Gasteiger partial charge is 0.136 e. The lowest BCUT2D eigenvalue weighted by atomic mass is 9.84. The predicted octanol–water partition coefficient (Wildman–Crippen LogP) is 12.6. The number of furan rings is 1. The van der Waals surface area contributed by atoms with Gasteiger partial charge < -0.3 is 4.42 Å². The van der Waals surface area contributed by atoms with Crippen LogP contribution in [0.5, 0.6) is 0 Å². The van der Waals surface area contributed by atoms with Crippen molar-refractivity contribution >= 4 is 43.5 Å². The molecule has 0 saturated carbocycles. The summed E-state index contributed by atoms with van der Waals surface area (Å²) >= 11 is 0. The Morgan fingerprint density at radius 2 is 0.911 bits per heavy atom. The van der Waals surface area contributed by atoms with Gasteiger partial charge in [0, 0.05) is 10.8 Å². The minimum atomic E-state index is -0.464. The minimum absolute atomic E-state index is 0.00134. The highest BCUT2D eigenvalue weighted by molar-refractivity contribution is 6.27. The van der Waals surface area contributed by atoms with Gasteiger partial charge in [-0.25, -0.2) is 0 Å². The summed E-state index contributed by atoms with van der Waals surface area (Å²) in [6, 6.07) is 33.2. The van der Waals surface area contributed by atoms with Crippen LogP contribution in [0.4, 0.5) is 0 Å². The zero-order chi connectivity index (χ0) is 37.6. The van der Waals surface area contributed by atoms with Crippen LogP contribution in [0, 0.1) is 0 Å². The predicted molar refractivity (Wildman–Crippen MR) is 190 cm³/mol. The molecule has 210 valence electrons. The summed E-state index contributed by atoms with van der Waals surface area (Å²) < 4.78 is 85.5. The van der Waals surface area contributed by atoms with Crippen molar-refractivity contribution in [3.05, 3.63) is 170 Å². The minimum Gasteiger partial charge on any atom is -0.456 e. The topological polar surface area (TPSA) is 13.1 Å². The standard InChI is InChI=1S/C44H28O/c1-3-14-29(15-4-1)31-18-11-19-32(28-31)41-34-20-7-9-22-36(34)42(37-23-10-8-21-35(37)41)38-25-13-27-40-44(38)43-33(24-12-26-39(43)45-40)30-16-5-2-6-17-30/h1-28H/i2D,5D,6D,11D,16D,17D,18D,19D,28D. The Balaban J connectivity index is 1.43. The molecule has 1 aromatic heterocycles. The van der Waals surface area contributed by atoms with Gasteiger partial charge in [0.05, 0.1) is 12.3 Å². The normalized spacial score (nSPS) is 14.4. The third-order valence-corrected chi connectivity index (χ3v) is 8.43. The Morgan fingerprint density at radius 1 is 0.378 bits per heavy atom. The van der Waals surface area contributed by atoms with Gasteiger partial charge in [-0.2, -0.15) is 0 Å². The molecule has 9 aromatic rings. The molecule has 0 N–H and O–H groups in total. The zero-order valence-corrected chi connectivity index (χ0v) is 23.9. The largest absolute Gasteiger partial charge is 0.456 e. The molecule has 0 unspecified atom stereocenters. The monoisotopic (exact) mass is 581 g/mol. The van der Waals surface area contributed by atoms with Gasteiger partial charge in [-0.1, -0.05) is 151 Å². The summed E-state index contributed by atoms with van der Waals surface area (Å²) in [5, 5.41) is 4.45. The molecule has 0 aliphatic rings. The summed E-state index contributed by atoms with van der Waals surface area (Å²) in [5.74, 6) is 0. The lowest BCUT2D eigenvalue weighted by molar-refractivity contribution is 0.669. The van der Waals surface area contributed by atoms with Crippen LogP contribution < -0.4 is 0 Å². The Kier molecular flexibility index (Phi) is 4.15. The average molecular weight is 582 g/mol. The molecule has 1 heteroatoms. The molecule has 8 aromatic carbocycles. The molecule has 0 aliphatic heterocycles. The van der Waals surface area contributed by atoms with Gasteiger partial charge in [0.15, 0.2) is 0 Å². The van der Waals surface area contributed by atoms with Crippen LogP contribution in [0.2, 0.25) is 0 Å². The molecule has 9 rings (SSSR count). The maximum absolute atomic E-state index is 9.52. The number of rotatable bonds is 4. The van der Waals surface area contributed by atoms with Crippen molar-refractivity contribution in [1.82, 2.24) is 0 Å². The molecule has 0 saturated heterocycles. The van der Waals surface area contributed by atoms with Crippen molar-refractivity contribution in [3.8, 4) is 44.5 Å². The quantitative estimate of drug-likeness (QED) is 0.188. The summed E-state index contributed by atoms with van der Waals surface area (Å²) in [4.78, 5) is 0. The molecule has 0 fully saturated rings. The average Bonchev–Trinajstić information content (AvgIpc) is 3.59. The lowest BCUT2D eigenvalue weighted by Gasteiger charge is -2.19. The van der Waals surface area contributed by atoms with Crippen molar-refractivity contribution in [2.24, 2.45) is 0 Å². The molecule has 1 heterocycles. The van der Waals surface area contributed by atoms with E-state index in [0.717, 1.165) is 32.7 Å². The summed E-state index contributed by atoms with van der Waals surface area (Å²) in [6.07, 6.45) is 0. The number of benzene rings is 8. The Bertz CT molecular complexity index is 2960. The molecule has 0 aliphatic carbocycles. The van der Waals surface area contributed by atoms with Crippen LogP contribution in [0.15, 0.2) is 174 Å². The molecule has 0 radical (unpaired) electrons. The number of hydrogen-bond acceptors (Lipinski definition) is 1. The van der Waals surface area contributed by atoms with E-state index in [2.05, 4.69) is 0 Å². The van der Waals surface area contributed by atoms with Gasteiger partial charge in [0.25, 0.3) is 0 Å². The van der Waals surface area contributed by atoms with E-state index in [-0.39, 0.29) is 47.4 Å². The first kappa shape index (κ1) is 18.0. The molecule has 1 nitrogen and oxygen atoms in total. The molecule has 0 atom stereocenters. The highest BCUT2D eigenvalue weighted by atomic mass is 16.3. The van der Waals surface area contributed by atoms with Gasteiger partial charge in [-0.3, -0.25) is 0 Å². The Hall–Kier alpha value is -5.92. The van der Waals surface area contributed by atoms with Gasteiger partial charge in [-0.15, -0.1) is 0 Å². The first-order valence-corrected chi connectivity index (χ1v) is 14.7. The second kappa shape index (κ2) is 10.4. The van der Waals surface area contributed by atoms with Gasteiger partial charge >= 0.3 is 0 Å². The third kappa shape index (κ3) is 4.09. The summed E-state index contributed by atoms with van der Waals surface area (Å²) in [6.45, 7) is 0. The molecule has 0 spiro atoms. The molecule has 0 amide bonds. The highest BCUT2D eigenvalue weighted by Gasteiger charge is 2.21. The van der Waals surface area contributed by atoms with Crippen molar-refractivity contribution in [2.75, 3.05) is 0 Å². The molecular weight excluding hydrogens is 544 g/mol. The number of hydrogen-bond donors (Lipinski definition) is 0. The van der Waals surface area contributed by atoms with E-state index in [4.69, 9.17) is 14.0 Å². The van der Waals surface area contributed by atoms with Crippen molar-refractivity contribution in [2.45, 2.75) is 0 Å². The fraction of sp³-hybridized carbons (Fsp3) is 0. The van der Waals surface area contributed by atoms with E-state index in [1.165, 1.54) is 0 Å². The van der Waals surface area contributed by atoms with E-state index >= 15 is 0 Å². The number of fused-ring (bicyclic) bond motifs is 5. The maximum Gasteiger partial charge on any atom is 0.136 e. The van der Waals surface area contributed by atoms with Crippen LogP contribution in [-0.2, 0) is 0 Å². The Morgan fingerprint density at radius 3 is 1.58 bits per heavy atom. The second-order valence-electron chi connectivity index (χ2n) is 10.9. The first-order valence-electron chi connectivity index (χ1n) is 19.2. The molecule has 45 heavy (non-hydrogen) atoms.